The molecule has 1 aromatic carbocycles. The van der Waals surface area contributed by atoms with Crippen LogP contribution in [0.15, 0.2) is 36.7 Å². The highest BCUT2D eigenvalue weighted by atomic mass is 16.3. The topological polar surface area (TPSA) is 61.3 Å². The maximum Gasteiger partial charge on any atom is 0.134 e. The molecule has 1 aliphatic carbocycles. The third-order valence-corrected chi connectivity index (χ3v) is 5.66. The molecule has 0 radical (unpaired) electrons. The molecule has 0 spiro atoms. The van der Waals surface area contributed by atoms with E-state index in [-0.39, 0.29) is 12.6 Å². The summed E-state index contributed by atoms with van der Waals surface area (Å²) in [5.41, 5.74) is 2.97. The van der Waals surface area contributed by atoms with E-state index in [2.05, 4.69) is 58.3 Å². The third-order valence-electron chi connectivity index (χ3n) is 5.66. The smallest absolute Gasteiger partial charge is 0.134 e. The number of nitrogens with one attached hydrogen (secondary N) is 1. The van der Waals surface area contributed by atoms with Crippen molar-refractivity contribution in [2.24, 2.45) is 5.92 Å². The molecule has 1 aromatic heterocycles. The molecule has 0 unspecified atom stereocenters. The van der Waals surface area contributed by atoms with Crippen molar-refractivity contribution in [3.63, 3.8) is 0 Å². The highest BCUT2D eigenvalue weighted by Crippen LogP contribution is 2.47. The Morgan fingerprint density at radius 3 is 2.76 bits per heavy atom. The average molecular weight is 338 g/mol. The number of aliphatic hydroxyl groups is 1. The Kier molecular flexibility index (Phi) is 4.34. The van der Waals surface area contributed by atoms with Crippen LogP contribution >= 0.6 is 0 Å². The second kappa shape index (κ2) is 6.64. The summed E-state index contributed by atoms with van der Waals surface area (Å²) in [6.45, 7) is 5.30. The van der Waals surface area contributed by atoms with Crippen molar-refractivity contribution in [3.05, 3.63) is 47.8 Å². The molecule has 0 amide bonds. The predicted molar refractivity (Wildman–Crippen MR) is 99.9 cm³/mol. The fraction of sp³-hybridized carbons (Fsp3) is 0.500. The van der Waals surface area contributed by atoms with Crippen molar-refractivity contribution in [2.75, 3.05) is 23.4 Å². The monoisotopic (exact) mass is 338 g/mol. The SMILES string of the molecule is CC(C)[C@H](CO)Nc1cc(N2C[C@H]3CC[C@H]2c2ccccc23)ncn1. The molecule has 132 valence electrons. The number of piperidine rings is 1. The van der Waals surface area contributed by atoms with E-state index < -0.39 is 0 Å². The standard InChI is InChI=1S/C20H26N4O/c1-13(2)17(11-25)23-19-9-20(22-12-21-19)24-10-14-7-8-18(24)16-6-4-3-5-15(14)16/h3-6,9,12-14,17-18,25H,7-8,10-11H2,1-2H3,(H,21,22,23)/t14-,17+,18+/m1/s1. The molecule has 2 aromatic rings. The van der Waals surface area contributed by atoms with E-state index >= 15 is 0 Å². The lowest BCUT2D eigenvalue weighted by molar-refractivity contribution is 0.249. The number of benzene rings is 1. The van der Waals surface area contributed by atoms with Gasteiger partial charge in [0.25, 0.3) is 0 Å². The summed E-state index contributed by atoms with van der Waals surface area (Å²) >= 11 is 0. The first-order valence-corrected chi connectivity index (χ1v) is 9.22. The van der Waals surface area contributed by atoms with E-state index in [4.69, 9.17) is 0 Å². The van der Waals surface area contributed by atoms with Gasteiger partial charge in [-0.25, -0.2) is 9.97 Å². The Morgan fingerprint density at radius 1 is 1.20 bits per heavy atom. The van der Waals surface area contributed by atoms with Crippen LogP contribution in [0.25, 0.3) is 0 Å². The van der Waals surface area contributed by atoms with E-state index in [1.165, 1.54) is 24.0 Å². The number of aromatic nitrogens is 2. The molecular weight excluding hydrogens is 312 g/mol. The fourth-order valence-electron chi connectivity index (χ4n) is 4.18. The highest BCUT2D eigenvalue weighted by molar-refractivity contribution is 5.55. The van der Waals surface area contributed by atoms with Crippen molar-refractivity contribution >= 4 is 11.6 Å². The van der Waals surface area contributed by atoms with Gasteiger partial charge in [-0.2, -0.15) is 0 Å². The lowest BCUT2D eigenvalue weighted by atomic mass is 9.75. The molecular formula is C20H26N4O. The van der Waals surface area contributed by atoms with E-state index in [1.54, 1.807) is 6.33 Å². The molecule has 3 aliphatic rings. The molecule has 2 aliphatic heterocycles. The van der Waals surface area contributed by atoms with E-state index in [0.29, 0.717) is 17.9 Å². The second-order valence-electron chi connectivity index (χ2n) is 7.51. The Balaban J connectivity index is 1.60. The molecule has 5 heteroatoms. The molecule has 1 fully saturated rings. The number of hydrogen-bond donors (Lipinski definition) is 2. The second-order valence-corrected chi connectivity index (χ2v) is 7.51. The van der Waals surface area contributed by atoms with Crippen LogP contribution in [0, 0.1) is 5.92 Å². The van der Waals surface area contributed by atoms with Crippen molar-refractivity contribution in [3.8, 4) is 0 Å². The van der Waals surface area contributed by atoms with Gasteiger partial charge < -0.3 is 15.3 Å². The van der Waals surface area contributed by atoms with Crippen molar-refractivity contribution in [1.82, 2.24) is 9.97 Å². The molecule has 25 heavy (non-hydrogen) atoms. The number of anilines is 2. The third kappa shape index (κ3) is 2.97. The van der Waals surface area contributed by atoms with Gasteiger partial charge in [0.1, 0.15) is 18.0 Å². The largest absolute Gasteiger partial charge is 0.394 e. The van der Waals surface area contributed by atoms with Crippen LogP contribution < -0.4 is 10.2 Å². The molecule has 5 rings (SSSR count). The minimum absolute atomic E-state index is 0.00119. The van der Waals surface area contributed by atoms with Crippen molar-refractivity contribution < 1.29 is 5.11 Å². The summed E-state index contributed by atoms with van der Waals surface area (Å²) in [6, 6.07) is 11.3. The van der Waals surface area contributed by atoms with Crippen LogP contribution in [0.5, 0.6) is 0 Å². The molecule has 2 bridgehead atoms. The predicted octanol–water partition coefficient (Wildman–Crippen LogP) is 3.34. The van der Waals surface area contributed by atoms with E-state index in [0.717, 1.165) is 18.2 Å². The molecule has 3 atom stereocenters. The maximum atomic E-state index is 9.55. The van der Waals surface area contributed by atoms with E-state index in [1.807, 2.05) is 6.07 Å². The molecule has 3 heterocycles. The van der Waals surface area contributed by atoms with Gasteiger partial charge in [-0.15, -0.1) is 0 Å². The first kappa shape index (κ1) is 16.3. The Morgan fingerprint density at radius 2 is 2.00 bits per heavy atom. The normalized spacial score (nSPS) is 22.8. The van der Waals surface area contributed by atoms with Crippen LogP contribution in [0.1, 0.15) is 49.8 Å². The summed E-state index contributed by atoms with van der Waals surface area (Å²) in [5.74, 6) is 2.68. The highest BCUT2D eigenvalue weighted by Gasteiger charge is 2.38. The van der Waals surface area contributed by atoms with Gasteiger partial charge in [-0.1, -0.05) is 38.1 Å². The van der Waals surface area contributed by atoms with Gasteiger partial charge in [0.15, 0.2) is 0 Å². The summed E-state index contributed by atoms with van der Waals surface area (Å²) in [4.78, 5) is 11.3. The van der Waals surface area contributed by atoms with Gasteiger partial charge in [0.2, 0.25) is 0 Å². The maximum absolute atomic E-state index is 9.55. The molecule has 0 saturated carbocycles. The number of rotatable bonds is 5. The van der Waals surface area contributed by atoms with Crippen molar-refractivity contribution in [1.29, 1.82) is 0 Å². The fourth-order valence-corrected chi connectivity index (χ4v) is 4.18. The summed E-state index contributed by atoms with van der Waals surface area (Å²) < 4.78 is 0. The van der Waals surface area contributed by atoms with Crippen LogP contribution in [-0.2, 0) is 0 Å². The van der Waals surface area contributed by atoms with Crippen molar-refractivity contribution in [2.45, 2.75) is 44.7 Å². The minimum atomic E-state index is 0.00119. The lowest BCUT2D eigenvalue weighted by Gasteiger charge is -2.47. The van der Waals surface area contributed by atoms with Crippen LogP contribution in [0.2, 0.25) is 0 Å². The summed E-state index contributed by atoms with van der Waals surface area (Å²) in [6.07, 6.45) is 4.06. The van der Waals surface area contributed by atoms with Gasteiger partial charge >= 0.3 is 0 Å². The average Bonchev–Trinajstić information content (AvgIpc) is 2.66. The first-order chi connectivity index (χ1) is 12.2. The van der Waals surface area contributed by atoms with Gasteiger partial charge in [-0.3, -0.25) is 0 Å². The molecule has 5 nitrogen and oxygen atoms in total. The number of hydrogen-bond acceptors (Lipinski definition) is 5. The summed E-state index contributed by atoms with van der Waals surface area (Å²) in [5, 5.41) is 12.9. The van der Waals surface area contributed by atoms with Crippen LogP contribution in [0.4, 0.5) is 11.6 Å². The zero-order valence-electron chi connectivity index (χ0n) is 14.9. The number of nitrogens with zero attached hydrogens (tertiary/aromatic N) is 3. The molecule has 1 saturated heterocycles. The van der Waals surface area contributed by atoms with Crippen LogP contribution in [0.3, 0.4) is 0 Å². The van der Waals surface area contributed by atoms with E-state index in [9.17, 15) is 5.11 Å². The Labute approximate surface area is 149 Å². The Bertz CT molecular complexity index is 748. The summed E-state index contributed by atoms with van der Waals surface area (Å²) in [7, 11) is 0. The zero-order chi connectivity index (χ0) is 17.4. The first-order valence-electron chi connectivity index (χ1n) is 9.22. The van der Waals surface area contributed by atoms with Gasteiger partial charge in [0.05, 0.1) is 18.7 Å². The number of aliphatic hydroxyl groups excluding tert-OH is 1. The quantitative estimate of drug-likeness (QED) is 0.875. The zero-order valence-corrected chi connectivity index (χ0v) is 14.9. The van der Waals surface area contributed by atoms with Gasteiger partial charge in [-0.05, 0) is 29.9 Å². The lowest BCUT2D eigenvalue weighted by Crippen LogP contribution is -2.43. The van der Waals surface area contributed by atoms with Gasteiger partial charge in [0, 0.05) is 18.5 Å². The number of fused-ring (bicyclic) bond motifs is 2. The molecule has 2 N–H and O–H groups in total. The van der Waals surface area contributed by atoms with Crippen LogP contribution in [-0.4, -0.2) is 34.3 Å². The Hall–Kier alpha value is -2.14. The minimum Gasteiger partial charge on any atom is -0.394 e.